The number of carboxylic acid groups (broad SMARTS) is 1. The summed E-state index contributed by atoms with van der Waals surface area (Å²) in [5.74, 6) is -1.95. The number of hydrogen-bond acceptors (Lipinski definition) is 4. The molecule has 90 valence electrons. The fourth-order valence-electron chi connectivity index (χ4n) is 1.18. The summed E-state index contributed by atoms with van der Waals surface area (Å²) in [5.41, 5.74) is -0.930. The Hall–Kier alpha value is -2.36. The molecule has 0 atom stereocenters. The number of aromatic carboxylic acids is 1. The third kappa shape index (κ3) is 2.81. The Bertz CT molecular complexity index is 482. The van der Waals surface area contributed by atoms with Crippen molar-refractivity contribution in [3.05, 3.63) is 23.3 Å². The standard InChI is InChI=1S/C10H7F2NO4/c1-16-5-2-6(9(14)15)7(4-13)8(3-5)17-10(11)12/h2-3,10H,1H3,(H,14,15). The predicted molar refractivity (Wildman–Crippen MR) is 51.3 cm³/mol. The molecule has 1 aromatic rings. The van der Waals surface area contributed by atoms with Crippen LogP contribution in [0.15, 0.2) is 12.1 Å². The van der Waals surface area contributed by atoms with Gasteiger partial charge in [0, 0.05) is 6.07 Å². The highest BCUT2D eigenvalue weighted by atomic mass is 19.3. The number of carbonyl (C=O) groups is 1. The van der Waals surface area contributed by atoms with Gasteiger partial charge in [-0.15, -0.1) is 0 Å². The fraction of sp³-hybridized carbons (Fsp3) is 0.200. The normalized spacial score (nSPS) is 9.82. The second-order valence-electron chi connectivity index (χ2n) is 2.84. The lowest BCUT2D eigenvalue weighted by molar-refractivity contribution is -0.0502. The van der Waals surface area contributed by atoms with E-state index in [2.05, 4.69) is 4.74 Å². The third-order valence-electron chi connectivity index (χ3n) is 1.87. The van der Waals surface area contributed by atoms with E-state index in [0.29, 0.717) is 0 Å². The molecule has 0 radical (unpaired) electrons. The Kier molecular flexibility index (Phi) is 3.82. The van der Waals surface area contributed by atoms with Gasteiger partial charge in [0.15, 0.2) is 0 Å². The molecule has 0 saturated carbocycles. The van der Waals surface area contributed by atoms with E-state index in [9.17, 15) is 13.6 Å². The lowest BCUT2D eigenvalue weighted by Gasteiger charge is -2.10. The summed E-state index contributed by atoms with van der Waals surface area (Å²) in [6.07, 6.45) is 0. The molecule has 0 saturated heterocycles. The molecule has 0 aliphatic carbocycles. The molecule has 1 rings (SSSR count). The van der Waals surface area contributed by atoms with Crippen molar-refractivity contribution in [2.45, 2.75) is 6.61 Å². The zero-order valence-electron chi connectivity index (χ0n) is 8.61. The van der Waals surface area contributed by atoms with Gasteiger partial charge < -0.3 is 14.6 Å². The van der Waals surface area contributed by atoms with Crippen LogP contribution in [-0.2, 0) is 0 Å². The van der Waals surface area contributed by atoms with Gasteiger partial charge in [-0.05, 0) is 6.07 Å². The molecule has 0 heterocycles. The van der Waals surface area contributed by atoms with Gasteiger partial charge in [-0.3, -0.25) is 0 Å². The smallest absolute Gasteiger partial charge is 0.387 e. The van der Waals surface area contributed by atoms with E-state index in [0.717, 1.165) is 12.1 Å². The number of ether oxygens (including phenoxy) is 2. The molecule has 1 aromatic carbocycles. The largest absolute Gasteiger partial charge is 0.497 e. The summed E-state index contributed by atoms with van der Waals surface area (Å²) < 4.78 is 33.0. The number of rotatable bonds is 4. The number of nitriles is 1. The Morgan fingerprint density at radius 2 is 2.18 bits per heavy atom. The maximum atomic E-state index is 12.1. The van der Waals surface area contributed by atoms with Crippen molar-refractivity contribution in [2.75, 3.05) is 7.11 Å². The van der Waals surface area contributed by atoms with Gasteiger partial charge in [-0.2, -0.15) is 14.0 Å². The van der Waals surface area contributed by atoms with Crippen LogP contribution in [0, 0.1) is 11.3 Å². The minimum absolute atomic E-state index is 0.0112. The molecular formula is C10H7F2NO4. The lowest BCUT2D eigenvalue weighted by Crippen LogP contribution is -2.08. The zero-order chi connectivity index (χ0) is 13.0. The van der Waals surface area contributed by atoms with Crippen molar-refractivity contribution >= 4 is 5.97 Å². The van der Waals surface area contributed by atoms with Crippen molar-refractivity contribution in [3.8, 4) is 17.6 Å². The van der Waals surface area contributed by atoms with Crippen LogP contribution in [0.25, 0.3) is 0 Å². The Labute approximate surface area is 94.8 Å². The second-order valence-corrected chi connectivity index (χ2v) is 2.84. The summed E-state index contributed by atoms with van der Waals surface area (Å²) in [5, 5.41) is 17.6. The summed E-state index contributed by atoms with van der Waals surface area (Å²) in [7, 11) is 1.24. The highest BCUT2D eigenvalue weighted by molar-refractivity contribution is 5.92. The Morgan fingerprint density at radius 1 is 1.53 bits per heavy atom. The third-order valence-corrected chi connectivity index (χ3v) is 1.87. The average molecular weight is 243 g/mol. The molecule has 1 N–H and O–H groups in total. The van der Waals surface area contributed by atoms with Gasteiger partial charge in [0.25, 0.3) is 0 Å². The van der Waals surface area contributed by atoms with Gasteiger partial charge in [0.05, 0.1) is 12.7 Å². The van der Waals surface area contributed by atoms with Crippen molar-refractivity contribution < 1.29 is 28.2 Å². The average Bonchev–Trinajstić information content (AvgIpc) is 2.26. The summed E-state index contributed by atoms with van der Waals surface area (Å²) >= 11 is 0. The van der Waals surface area contributed by atoms with Gasteiger partial charge in [0.1, 0.15) is 23.1 Å². The van der Waals surface area contributed by atoms with Crippen molar-refractivity contribution in [3.63, 3.8) is 0 Å². The van der Waals surface area contributed by atoms with Gasteiger partial charge >= 0.3 is 12.6 Å². The fourth-order valence-corrected chi connectivity index (χ4v) is 1.18. The quantitative estimate of drug-likeness (QED) is 0.873. The minimum Gasteiger partial charge on any atom is -0.497 e. The molecule has 0 spiro atoms. The predicted octanol–water partition coefficient (Wildman–Crippen LogP) is 1.87. The van der Waals surface area contributed by atoms with Crippen LogP contribution in [0.4, 0.5) is 8.78 Å². The molecule has 0 fully saturated rings. The molecule has 0 bridgehead atoms. The zero-order valence-corrected chi connectivity index (χ0v) is 8.61. The van der Waals surface area contributed by atoms with Gasteiger partial charge in [-0.25, -0.2) is 4.79 Å². The van der Waals surface area contributed by atoms with Crippen LogP contribution >= 0.6 is 0 Å². The SMILES string of the molecule is COc1cc(OC(F)F)c(C#N)c(C(=O)O)c1. The minimum atomic E-state index is -3.16. The second kappa shape index (κ2) is 5.12. The number of hydrogen-bond donors (Lipinski definition) is 1. The van der Waals surface area contributed by atoms with Crippen LogP contribution in [0.1, 0.15) is 15.9 Å². The number of benzene rings is 1. The Morgan fingerprint density at radius 3 is 2.59 bits per heavy atom. The summed E-state index contributed by atoms with van der Waals surface area (Å²) in [6.45, 7) is -3.16. The first-order valence-electron chi connectivity index (χ1n) is 4.29. The number of halogens is 2. The molecule has 17 heavy (non-hydrogen) atoms. The number of alkyl halides is 2. The first kappa shape index (κ1) is 12.7. The summed E-state index contributed by atoms with van der Waals surface area (Å²) in [6, 6.07) is 3.59. The monoisotopic (exact) mass is 243 g/mol. The topological polar surface area (TPSA) is 79.5 Å². The van der Waals surface area contributed by atoms with E-state index in [1.807, 2.05) is 0 Å². The molecule has 5 nitrogen and oxygen atoms in total. The first-order chi connectivity index (χ1) is 7.99. The molecule has 0 amide bonds. The molecule has 0 aliphatic heterocycles. The van der Waals surface area contributed by atoms with Gasteiger partial charge in [0.2, 0.25) is 0 Å². The van der Waals surface area contributed by atoms with E-state index in [1.54, 1.807) is 0 Å². The highest BCUT2D eigenvalue weighted by Crippen LogP contribution is 2.29. The number of carboxylic acids is 1. The number of methoxy groups -OCH3 is 1. The van der Waals surface area contributed by atoms with Crippen LogP contribution < -0.4 is 9.47 Å². The first-order valence-corrected chi connectivity index (χ1v) is 4.29. The van der Waals surface area contributed by atoms with Gasteiger partial charge in [-0.1, -0.05) is 0 Å². The van der Waals surface area contributed by atoms with E-state index >= 15 is 0 Å². The highest BCUT2D eigenvalue weighted by Gasteiger charge is 2.19. The van der Waals surface area contributed by atoms with Crippen LogP contribution in [0.3, 0.4) is 0 Å². The summed E-state index contributed by atoms with van der Waals surface area (Å²) in [4.78, 5) is 10.8. The molecule has 0 unspecified atom stereocenters. The number of nitrogens with zero attached hydrogens (tertiary/aromatic N) is 1. The molecular weight excluding hydrogens is 236 g/mol. The van der Waals surface area contributed by atoms with Crippen molar-refractivity contribution in [2.24, 2.45) is 0 Å². The maximum Gasteiger partial charge on any atom is 0.387 e. The lowest BCUT2D eigenvalue weighted by atomic mass is 10.1. The van der Waals surface area contributed by atoms with Crippen molar-refractivity contribution in [1.82, 2.24) is 0 Å². The van der Waals surface area contributed by atoms with Crippen LogP contribution in [0.5, 0.6) is 11.5 Å². The molecule has 0 aliphatic rings. The van der Waals surface area contributed by atoms with E-state index in [-0.39, 0.29) is 5.75 Å². The van der Waals surface area contributed by atoms with E-state index in [1.165, 1.54) is 13.2 Å². The van der Waals surface area contributed by atoms with Crippen LogP contribution in [-0.4, -0.2) is 24.8 Å². The van der Waals surface area contributed by atoms with E-state index < -0.39 is 29.5 Å². The van der Waals surface area contributed by atoms with E-state index in [4.69, 9.17) is 15.1 Å². The maximum absolute atomic E-state index is 12.1. The molecule has 0 aromatic heterocycles. The molecule has 7 heteroatoms. The van der Waals surface area contributed by atoms with Crippen LogP contribution in [0.2, 0.25) is 0 Å². The Balaban J connectivity index is 3.40. The van der Waals surface area contributed by atoms with Crippen molar-refractivity contribution in [1.29, 1.82) is 5.26 Å².